The summed E-state index contributed by atoms with van der Waals surface area (Å²) in [6, 6.07) is 15.1. The number of hydrogen-bond acceptors (Lipinski definition) is 3. The molecule has 2 aromatic rings. The van der Waals surface area contributed by atoms with Gasteiger partial charge in [0, 0.05) is 23.9 Å². The first kappa shape index (κ1) is 24.3. The maximum Gasteiger partial charge on any atom is 0.242 e. The zero-order valence-electron chi connectivity index (χ0n) is 18.0. The van der Waals surface area contributed by atoms with Crippen LogP contribution in [-0.4, -0.2) is 35.1 Å². The van der Waals surface area contributed by atoms with E-state index in [9.17, 15) is 9.59 Å². The first-order valence-corrected chi connectivity index (χ1v) is 11.9. The highest BCUT2D eigenvalue weighted by atomic mass is 35.5. The van der Waals surface area contributed by atoms with Crippen molar-refractivity contribution in [2.75, 3.05) is 12.3 Å². The lowest BCUT2D eigenvalue weighted by Crippen LogP contribution is -2.49. The van der Waals surface area contributed by atoms with Gasteiger partial charge in [-0.3, -0.25) is 9.59 Å². The van der Waals surface area contributed by atoms with Crippen LogP contribution >= 0.6 is 23.4 Å². The average molecular weight is 447 g/mol. The molecule has 2 rings (SSSR count). The summed E-state index contributed by atoms with van der Waals surface area (Å²) in [6.07, 6.45) is 1.43. The zero-order valence-corrected chi connectivity index (χ0v) is 19.6. The number of carbonyl (C=O) groups excluding carboxylic acids is 2. The van der Waals surface area contributed by atoms with Crippen LogP contribution in [-0.2, 0) is 21.9 Å². The molecule has 0 spiro atoms. The van der Waals surface area contributed by atoms with Crippen molar-refractivity contribution in [1.29, 1.82) is 0 Å². The fraction of sp³-hybridized carbons (Fsp3) is 0.417. The van der Waals surface area contributed by atoms with Crippen LogP contribution in [0.3, 0.4) is 0 Å². The van der Waals surface area contributed by atoms with Crippen LogP contribution in [0.25, 0.3) is 0 Å². The Bertz CT molecular complexity index is 826. The Morgan fingerprint density at radius 3 is 2.43 bits per heavy atom. The summed E-state index contributed by atoms with van der Waals surface area (Å²) in [5, 5.41) is 3.59. The van der Waals surface area contributed by atoms with Gasteiger partial charge in [0.25, 0.3) is 0 Å². The Kier molecular flexibility index (Phi) is 10.2. The van der Waals surface area contributed by atoms with E-state index >= 15 is 0 Å². The Morgan fingerprint density at radius 1 is 1.10 bits per heavy atom. The maximum atomic E-state index is 13.2. The number of hydrogen-bond donors (Lipinski definition) is 1. The van der Waals surface area contributed by atoms with Crippen molar-refractivity contribution < 1.29 is 9.59 Å². The monoisotopic (exact) mass is 446 g/mol. The smallest absolute Gasteiger partial charge is 0.242 e. The molecule has 4 nitrogen and oxygen atoms in total. The molecule has 0 bridgehead atoms. The number of amides is 2. The topological polar surface area (TPSA) is 49.4 Å². The lowest BCUT2D eigenvalue weighted by molar-refractivity contribution is -0.139. The summed E-state index contributed by atoms with van der Waals surface area (Å²) < 4.78 is 0. The third-order valence-electron chi connectivity index (χ3n) is 4.95. The fourth-order valence-electron chi connectivity index (χ4n) is 3.18. The second-order valence-corrected chi connectivity index (χ2v) is 8.70. The minimum Gasteiger partial charge on any atom is -0.354 e. The predicted octanol–water partition coefficient (Wildman–Crippen LogP) is 5.22. The predicted molar refractivity (Wildman–Crippen MR) is 127 cm³/mol. The molecule has 0 heterocycles. The minimum atomic E-state index is -0.487. The van der Waals surface area contributed by atoms with Gasteiger partial charge in [-0.15, -0.1) is 11.8 Å². The van der Waals surface area contributed by atoms with E-state index in [4.69, 9.17) is 11.6 Å². The van der Waals surface area contributed by atoms with E-state index in [1.54, 1.807) is 16.7 Å². The van der Waals surface area contributed by atoms with E-state index in [0.717, 1.165) is 17.7 Å². The van der Waals surface area contributed by atoms with Crippen LogP contribution in [0.1, 0.15) is 43.4 Å². The molecule has 0 saturated heterocycles. The standard InChI is InChI=1S/C24H31ClN2O2S/c1-4-14-26-24(29)22(5-2)27(15-19-10-12-21(25)13-11-19)23(28)17-30-16-20-9-7-6-8-18(20)3/h6-13,22H,4-5,14-17H2,1-3H3,(H,26,29). The molecule has 1 atom stereocenters. The number of aryl methyl sites for hydroxylation is 1. The zero-order chi connectivity index (χ0) is 21.9. The molecule has 0 fully saturated rings. The van der Waals surface area contributed by atoms with Crippen molar-refractivity contribution in [1.82, 2.24) is 10.2 Å². The van der Waals surface area contributed by atoms with E-state index in [2.05, 4.69) is 24.4 Å². The van der Waals surface area contributed by atoms with Gasteiger partial charge in [-0.2, -0.15) is 0 Å². The van der Waals surface area contributed by atoms with E-state index in [1.165, 1.54) is 11.1 Å². The lowest BCUT2D eigenvalue weighted by atomic mass is 10.1. The molecular weight excluding hydrogens is 416 g/mol. The van der Waals surface area contributed by atoms with E-state index < -0.39 is 6.04 Å². The quantitative estimate of drug-likeness (QED) is 0.515. The summed E-state index contributed by atoms with van der Waals surface area (Å²) in [7, 11) is 0. The second kappa shape index (κ2) is 12.7. The third kappa shape index (κ3) is 7.37. The van der Waals surface area contributed by atoms with Crippen molar-refractivity contribution in [3.8, 4) is 0 Å². The van der Waals surface area contributed by atoms with Gasteiger partial charge in [0.15, 0.2) is 0 Å². The van der Waals surface area contributed by atoms with Gasteiger partial charge in [0.2, 0.25) is 11.8 Å². The van der Waals surface area contributed by atoms with Gasteiger partial charge < -0.3 is 10.2 Å². The Morgan fingerprint density at radius 2 is 1.80 bits per heavy atom. The van der Waals surface area contributed by atoms with Crippen LogP contribution in [0.4, 0.5) is 0 Å². The van der Waals surface area contributed by atoms with Crippen LogP contribution in [0.15, 0.2) is 48.5 Å². The molecule has 1 unspecified atom stereocenters. The fourth-order valence-corrected chi connectivity index (χ4v) is 4.29. The van der Waals surface area contributed by atoms with Gasteiger partial charge >= 0.3 is 0 Å². The van der Waals surface area contributed by atoms with Gasteiger partial charge in [-0.1, -0.05) is 61.8 Å². The summed E-state index contributed by atoms with van der Waals surface area (Å²) in [6.45, 7) is 7.04. The van der Waals surface area contributed by atoms with E-state index in [0.29, 0.717) is 30.3 Å². The molecule has 2 amide bonds. The number of nitrogens with one attached hydrogen (secondary N) is 1. The van der Waals surface area contributed by atoms with Crippen LogP contribution in [0.2, 0.25) is 5.02 Å². The number of carbonyl (C=O) groups is 2. The normalized spacial score (nSPS) is 11.7. The van der Waals surface area contributed by atoms with Gasteiger partial charge in [0.1, 0.15) is 6.04 Å². The second-order valence-electron chi connectivity index (χ2n) is 7.28. The molecule has 1 N–H and O–H groups in total. The Hall–Kier alpha value is -1.98. The molecule has 0 aliphatic carbocycles. The largest absolute Gasteiger partial charge is 0.354 e. The van der Waals surface area contributed by atoms with Crippen LogP contribution in [0, 0.1) is 6.92 Å². The summed E-state index contributed by atoms with van der Waals surface area (Å²) in [5.74, 6) is 0.985. The number of rotatable bonds is 11. The number of halogens is 1. The van der Waals surface area contributed by atoms with Crippen LogP contribution < -0.4 is 5.32 Å². The maximum absolute atomic E-state index is 13.2. The number of benzene rings is 2. The molecule has 2 aromatic carbocycles. The Labute approximate surface area is 189 Å². The molecule has 162 valence electrons. The van der Waals surface area contributed by atoms with Crippen molar-refractivity contribution in [3.05, 3.63) is 70.2 Å². The molecule has 0 saturated carbocycles. The molecule has 0 radical (unpaired) electrons. The highest BCUT2D eigenvalue weighted by Gasteiger charge is 2.28. The van der Waals surface area contributed by atoms with Crippen molar-refractivity contribution in [2.24, 2.45) is 0 Å². The highest BCUT2D eigenvalue weighted by molar-refractivity contribution is 7.99. The minimum absolute atomic E-state index is 0.0259. The summed E-state index contributed by atoms with van der Waals surface area (Å²) >= 11 is 7.58. The van der Waals surface area contributed by atoms with Crippen molar-refractivity contribution >= 4 is 35.2 Å². The molecule has 0 aromatic heterocycles. The number of nitrogens with zero attached hydrogens (tertiary/aromatic N) is 1. The molecule has 6 heteroatoms. The van der Waals surface area contributed by atoms with E-state index in [-0.39, 0.29) is 11.8 Å². The first-order valence-electron chi connectivity index (χ1n) is 10.4. The molecule has 0 aliphatic heterocycles. The Balaban J connectivity index is 2.11. The molecular formula is C24H31ClN2O2S. The summed E-state index contributed by atoms with van der Waals surface area (Å²) in [4.78, 5) is 27.6. The lowest BCUT2D eigenvalue weighted by Gasteiger charge is -2.30. The van der Waals surface area contributed by atoms with Gasteiger partial charge in [-0.05, 0) is 48.6 Å². The summed E-state index contributed by atoms with van der Waals surface area (Å²) in [5.41, 5.74) is 3.41. The van der Waals surface area contributed by atoms with Gasteiger partial charge in [-0.25, -0.2) is 0 Å². The first-order chi connectivity index (χ1) is 14.5. The molecule has 30 heavy (non-hydrogen) atoms. The van der Waals surface area contributed by atoms with E-state index in [1.807, 2.05) is 50.2 Å². The van der Waals surface area contributed by atoms with Crippen molar-refractivity contribution in [2.45, 2.75) is 52.0 Å². The van der Waals surface area contributed by atoms with Crippen molar-refractivity contribution in [3.63, 3.8) is 0 Å². The SMILES string of the molecule is CCCNC(=O)C(CC)N(Cc1ccc(Cl)cc1)C(=O)CSCc1ccccc1C. The number of thioether (sulfide) groups is 1. The third-order valence-corrected chi connectivity index (χ3v) is 6.16. The average Bonchev–Trinajstić information content (AvgIpc) is 2.74. The highest BCUT2D eigenvalue weighted by Crippen LogP contribution is 2.19. The van der Waals surface area contributed by atoms with Gasteiger partial charge in [0.05, 0.1) is 5.75 Å². The molecule has 0 aliphatic rings. The van der Waals surface area contributed by atoms with Crippen LogP contribution in [0.5, 0.6) is 0 Å².